The highest BCUT2D eigenvalue weighted by molar-refractivity contribution is 7.21. The monoisotopic (exact) mass is 639 g/mol. The lowest BCUT2D eigenvalue weighted by Crippen LogP contribution is -2.54. The van der Waals surface area contributed by atoms with E-state index >= 15 is 0 Å². The number of ether oxygens (including phenoxy) is 2. The largest absolute Gasteiger partial charge is 0.484 e. The molecule has 0 aliphatic carbocycles. The number of carbonyl (C=O) groups is 1. The highest BCUT2D eigenvalue weighted by Gasteiger charge is 2.38. The summed E-state index contributed by atoms with van der Waals surface area (Å²) in [5.74, 6) is 0.185. The van der Waals surface area contributed by atoms with Gasteiger partial charge >= 0.3 is 11.7 Å². The number of hydrogen-bond acceptors (Lipinski definition) is 9. The smallest absolute Gasteiger partial charge is 0.333 e. The minimum absolute atomic E-state index is 0.0266. The predicted molar refractivity (Wildman–Crippen MR) is 174 cm³/mol. The van der Waals surface area contributed by atoms with E-state index in [0.717, 1.165) is 15.8 Å². The highest BCUT2D eigenvalue weighted by Crippen LogP contribution is 2.33. The van der Waals surface area contributed by atoms with Gasteiger partial charge in [0.1, 0.15) is 34.1 Å². The minimum atomic E-state index is -1.63. The first-order valence-electron chi connectivity index (χ1n) is 14.7. The Balaban J connectivity index is 1.49. The van der Waals surface area contributed by atoms with Gasteiger partial charge in [0.15, 0.2) is 0 Å². The zero-order valence-corrected chi connectivity index (χ0v) is 26.9. The van der Waals surface area contributed by atoms with Crippen molar-refractivity contribution in [2.45, 2.75) is 58.4 Å². The van der Waals surface area contributed by atoms with E-state index in [1.807, 2.05) is 65.4 Å². The van der Waals surface area contributed by atoms with Gasteiger partial charge in [-0.25, -0.2) is 24.1 Å². The average molecular weight is 640 g/mol. The quantitative estimate of drug-likeness (QED) is 0.178. The number of aromatic nitrogens is 5. The molecule has 0 radical (unpaired) electrons. The molecule has 0 saturated carbocycles. The molecule has 1 unspecified atom stereocenters. The normalized spacial score (nSPS) is 12.7. The Labute approximate surface area is 268 Å². The SMILES string of the molecule is CC(C)(C)OC(=O)C(C)(C)n1c(=O)c2cc(-c3ncco3)sc2n(CC(Oc2ccc(-n3ccnc3)cc2)c2ccccc2)c1=O. The topological polar surface area (TPSA) is 123 Å². The van der Waals surface area contributed by atoms with Gasteiger partial charge in [-0.3, -0.25) is 9.36 Å². The first-order chi connectivity index (χ1) is 21.9. The third kappa shape index (κ3) is 6.03. The summed E-state index contributed by atoms with van der Waals surface area (Å²) in [5, 5.41) is 0.242. The minimum Gasteiger partial charge on any atom is -0.484 e. The molecule has 4 aromatic heterocycles. The molecular formula is C34H33N5O6S. The van der Waals surface area contributed by atoms with Crippen molar-refractivity contribution in [2.24, 2.45) is 0 Å². The molecule has 1 atom stereocenters. The van der Waals surface area contributed by atoms with Crippen LogP contribution in [0, 0.1) is 0 Å². The standard InChI is InChI=1S/C34H33N5O6S/c1-33(2,3)45-31(41)34(4,5)39-29(40)25-19-27(28-36-16-18-43-28)46-30(25)38(32(39)42)20-26(22-9-7-6-8-10-22)44-24-13-11-23(12-14-24)37-17-15-35-21-37/h6-19,21,26H,20H2,1-5H3. The molecule has 6 aromatic rings. The van der Waals surface area contributed by atoms with Crippen molar-refractivity contribution in [3.63, 3.8) is 0 Å². The van der Waals surface area contributed by atoms with E-state index in [9.17, 15) is 14.4 Å². The van der Waals surface area contributed by atoms with Crippen molar-refractivity contribution in [3.05, 3.63) is 118 Å². The third-order valence-electron chi connectivity index (χ3n) is 7.35. The number of hydrogen-bond donors (Lipinski definition) is 0. The lowest BCUT2D eigenvalue weighted by molar-refractivity contribution is -0.164. The fourth-order valence-corrected chi connectivity index (χ4v) is 6.16. The first-order valence-corrected chi connectivity index (χ1v) is 15.5. The van der Waals surface area contributed by atoms with Crippen LogP contribution < -0.4 is 16.0 Å². The predicted octanol–water partition coefficient (Wildman–Crippen LogP) is 5.96. The van der Waals surface area contributed by atoms with Crippen LogP contribution in [0.2, 0.25) is 0 Å². The molecule has 6 rings (SSSR count). The highest BCUT2D eigenvalue weighted by atomic mass is 32.1. The van der Waals surface area contributed by atoms with Crippen LogP contribution in [0.25, 0.3) is 26.7 Å². The molecule has 46 heavy (non-hydrogen) atoms. The number of carbonyl (C=O) groups excluding carboxylic acids is 1. The van der Waals surface area contributed by atoms with Crippen LogP contribution in [-0.4, -0.2) is 35.2 Å². The zero-order valence-electron chi connectivity index (χ0n) is 26.0. The molecule has 0 aliphatic heterocycles. The third-order valence-corrected chi connectivity index (χ3v) is 8.50. The van der Waals surface area contributed by atoms with E-state index in [2.05, 4.69) is 9.97 Å². The van der Waals surface area contributed by atoms with Gasteiger partial charge in [0.05, 0.1) is 29.3 Å². The lowest BCUT2D eigenvalue weighted by atomic mass is 10.0. The Morgan fingerprint density at radius 3 is 2.37 bits per heavy atom. The van der Waals surface area contributed by atoms with Gasteiger partial charge in [-0.2, -0.15) is 0 Å². The summed E-state index contributed by atoms with van der Waals surface area (Å²) in [6.07, 6.45) is 7.56. The second kappa shape index (κ2) is 11.9. The summed E-state index contributed by atoms with van der Waals surface area (Å²) in [4.78, 5) is 51.2. The molecule has 0 N–H and O–H groups in total. The molecule has 0 amide bonds. The van der Waals surface area contributed by atoms with Gasteiger partial charge in [-0.15, -0.1) is 11.3 Å². The maximum atomic E-state index is 14.4. The maximum absolute atomic E-state index is 14.4. The van der Waals surface area contributed by atoms with Crippen LogP contribution in [0.3, 0.4) is 0 Å². The van der Waals surface area contributed by atoms with Crippen molar-refractivity contribution in [1.29, 1.82) is 0 Å². The Hall–Kier alpha value is -5.23. The van der Waals surface area contributed by atoms with Crippen molar-refractivity contribution < 1.29 is 18.7 Å². The maximum Gasteiger partial charge on any atom is 0.333 e. The van der Waals surface area contributed by atoms with Crippen molar-refractivity contribution in [1.82, 2.24) is 23.7 Å². The van der Waals surface area contributed by atoms with Gasteiger partial charge in [-0.05, 0) is 70.5 Å². The lowest BCUT2D eigenvalue weighted by Gasteiger charge is -2.30. The van der Waals surface area contributed by atoms with Crippen molar-refractivity contribution in [2.75, 3.05) is 0 Å². The fraction of sp³-hybridized carbons (Fsp3) is 0.265. The second-order valence-electron chi connectivity index (χ2n) is 12.2. The Kier molecular flexibility index (Phi) is 7.99. The van der Waals surface area contributed by atoms with Crippen LogP contribution >= 0.6 is 11.3 Å². The first kappa shape index (κ1) is 30.8. The van der Waals surface area contributed by atoms with Gasteiger partial charge in [-0.1, -0.05) is 30.3 Å². The Bertz CT molecular complexity index is 2090. The molecule has 0 saturated heterocycles. The van der Waals surface area contributed by atoms with E-state index in [4.69, 9.17) is 13.9 Å². The van der Waals surface area contributed by atoms with Gasteiger partial charge in [0, 0.05) is 18.1 Å². The molecule has 4 heterocycles. The average Bonchev–Trinajstić information content (AvgIpc) is 3.81. The number of esters is 1. The summed E-state index contributed by atoms with van der Waals surface area (Å²) in [5.41, 5.74) is -2.03. The van der Waals surface area contributed by atoms with E-state index in [-0.39, 0.29) is 11.9 Å². The van der Waals surface area contributed by atoms with Crippen LogP contribution in [-0.2, 0) is 21.6 Å². The Morgan fingerprint density at radius 2 is 1.74 bits per heavy atom. The molecule has 236 valence electrons. The molecule has 0 fully saturated rings. The summed E-state index contributed by atoms with van der Waals surface area (Å²) in [6.45, 7) is 8.24. The summed E-state index contributed by atoms with van der Waals surface area (Å²) in [6, 6.07) is 18.7. The molecule has 11 nitrogen and oxygen atoms in total. The Morgan fingerprint density at radius 1 is 1.00 bits per heavy atom. The molecule has 12 heteroatoms. The summed E-state index contributed by atoms with van der Waals surface area (Å²) < 4.78 is 22.0. The van der Waals surface area contributed by atoms with Crippen LogP contribution in [0.15, 0.2) is 106 Å². The number of thiophene rings is 1. The number of fused-ring (bicyclic) bond motifs is 1. The molecular weight excluding hydrogens is 606 g/mol. The number of nitrogens with zero attached hydrogens (tertiary/aromatic N) is 5. The van der Waals surface area contributed by atoms with E-state index in [1.165, 1.54) is 42.2 Å². The van der Waals surface area contributed by atoms with Crippen molar-refractivity contribution in [3.8, 4) is 22.2 Å². The zero-order chi connectivity index (χ0) is 32.6. The fourth-order valence-electron chi connectivity index (χ4n) is 5.07. The van der Waals surface area contributed by atoms with Crippen LogP contribution in [0.1, 0.15) is 46.3 Å². The van der Waals surface area contributed by atoms with E-state index in [1.54, 1.807) is 39.4 Å². The molecule has 2 aromatic carbocycles. The van der Waals surface area contributed by atoms with E-state index < -0.39 is 34.5 Å². The number of rotatable bonds is 9. The number of oxazole rings is 1. The van der Waals surface area contributed by atoms with Crippen molar-refractivity contribution >= 4 is 27.5 Å². The van der Waals surface area contributed by atoms with Gasteiger partial charge in [0.25, 0.3) is 5.56 Å². The van der Waals surface area contributed by atoms with Crippen LogP contribution in [0.5, 0.6) is 5.75 Å². The summed E-state index contributed by atoms with van der Waals surface area (Å²) >= 11 is 1.20. The molecule has 0 spiro atoms. The van der Waals surface area contributed by atoms with E-state index in [0.29, 0.717) is 21.3 Å². The molecule has 0 aliphatic rings. The number of imidazole rings is 1. The van der Waals surface area contributed by atoms with Gasteiger partial charge in [0.2, 0.25) is 5.89 Å². The summed E-state index contributed by atoms with van der Waals surface area (Å²) in [7, 11) is 0. The van der Waals surface area contributed by atoms with Crippen LogP contribution in [0.4, 0.5) is 0 Å². The number of benzene rings is 2. The second-order valence-corrected chi connectivity index (χ2v) is 13.3. The molecule has 0 bridgehead atoms. The van der Waals surface area contributed by atoms with Gasteiger partial charge < -0.3 is 18.5 Å².